The van der Waals surface area contributed by atoms with Gasteiger partial charge in [0, 0.05) is 38.6 Å². The molecule has 4 heterocycles. The molecule has 2 aliphatic rings. The van der Waals surface area contributed by atoms with E-state index in [0.29, 0.717) is 18.0 Å². The number of nitrogens with one attached hydrogen (secondary N) is 1. The number of aryl methyl sites for hydroxylation is 1. The van der Waals surface area contributed by atoms with Crippen LogP contribution in [-0.4, -0.2) is 47.6 Å². The number of furan rings is 1. The molecule has 0 bridgehead atoms. The van der Waals surface area contributed by atoms with Gasteiger partial charge in [-0.1, -0.05) is 0 Å². The van der Waals surface area contributed by atoms with Gasteiger partial charge in [-0.15, -0.1) is 0 Å². The van der Waals surface area contributed by atoms with Gasteiger partial charge in [-0.05, 0) is 62.8 Å². The van der Waals surface area contributed by atoms with Crippen LogP contribution >= 0.6 is 0 Å². The first-order valence-electron chi connectivity index (χ1n) is 10.2. The van der Waals surface area contributed by atoms with Crippen LogP contribution in [0.5, 0.6) is 0 Å². The van der Waals surface area contributed by atoms with Crippen LogP contribution in [-0.2, 0) is 11.3 Å². The standard InChI is InChI=1S/C22H29N3O3/c1-17-4-5-20(28-17)16-25-10-7-22(8-11-25)13-18(6-12-27-22)14-24-21(26)19-3-2-9-23-15-19/h2-5,9,15,18H,6-8,10-14,16H2,1H3,(H,24,26). The minimum atomic E-state index is -0.0443. The molecule has 0 saturated carbocycles. The summed E-state index contributed by atoms with van der Waals surface area (Å²) in [6.45, 7) is 6.38. The topological polar surface area (TPSA) is 67.6 Å². The number of hydrogen-bond acceptors (Lipinski definition) is 5. The van der Waals surface area contributed by atoms with E-state index in [0.717, 1.165) is 63.4 Å². The molecule has 1 amide bonds. The first kappa shape index (κ1) is 19.2. The van der Waals surface area contributed by atoms with Crippen LogP contribution in [0.3, 0.4) is 0 Å². The van der Waals surface area contributed by atoms with Crippen LogP contribution in [0.1, 0.15) is 47.6 Å². The van der Waals surface area contributed by atoms with Crippen molar-refractivity contribution in [3.8, 4) is 0 Å². The van der Waals surface area contributed by atoms with Gasteiger partial charge in [0.15, 0.2) is 0 Å². The maximum Gasteiger partial charge on any atom is 0.252 e. The smallest absolute Gasteiger partial charge is 0.252 e. The number of likely N-dealkylation sites (tertiary alicyclic amines) is 1. The molecule has 1 spiro atoms. The Kier molecular flexibility index (Phi) is 5.78. The molecule has 6 heteroatoms. The van der Waals surface area contributed by atoms with Gasteiger partial charge in [0.1, 0.15) is 11.5 Å². The fourth-order valence-electron chi connectivity index (χ4n) is 4.40. The summed E-state index contributed by atoms with van der Waals surface area (Å²) in [5, 5.41) is 3.08. The molecule has 6 nitrogen and oxygen atoms in total. The van der Waals surface area contributed by atoms with Crippen molar-refractivity contribution < 1.29 is 13.9 Å². The fourth-order valence-corrected chi connectivity index (χ4v) is 4.40. The van der Waals surface area contributed by atoms with E-state index in [4.69, 9.17) is 9.15 Å². The van der Waals surface area contributed by atoms with Crippen molar-refractivity contribution in [1.82, 2.24) is 15.2 Å². The number of carbonyl (C=O) groups excluding carboxylic acids is 1. The number of hydrogen-bond donors (Lipinski definition) is 1. The van der Waals surface area contributed by atoms with E-state index in [1.54, 1.807) is 24.5 Å². The van der Waals surface area contributed by atoms with E-state index >= 15 is 0 Å². The van der Waals surface area contributed by atoms with Gasteiger partial charge in [0.25, 0.3) is 5.91 Å². The Hall–Kier alpha value is -2.18. The molecular weight excluding hydrogens is 354 g/mol. The number of rotatable bonds is 5. The zero-order valence-electron chi connectivity index (χ0n) is 16.5. The minimum absolute atomic E-state index is 0.0302. The van der Waals surface area contributed by atoms with Crippen LogP contribution in [0.2, 0.25) is 0 Å². The van der Waals surface area contributed by atoms with Gasteiger partial charge < -0.3 is 14.5 Å². The maximum atomic E-state index is 12.3. The summed E-state index contributed by atoms with van der Waals surface area (Å²) in [4.78, 5) is 18.7. The summed E-state index contributed by atoms with van der Waals surface area (Å²) < 4.78 is 12.0. The predicted molar refractivity (Wildman–Crippen MR) is 106 cm³/mol. The highest BCUT2D eigenvalue weighted by Gasteiger charge is 2.40. The van der Waals surface area contributed by atoms with E-state index in [-0.39, 0.29) is 11.5 Å². The first-order chi connectivity index (χ1) is 13.6. The third-order valence-corrected chi connectivity index (χ3v) is 6.01. The Labute approximate surface area is 166 Å². The predicted octanol–water partition coefficient (Wildman–Crippen LogP) is 3.17. The molecule has 1 unspecified atom stereocenters. The van der Waals surface area contributed by atoms with Crippen molar-refractivity contribution in [3.05, 3.63) is 53.7 Å². The third-order valence-electron chi connectivity index (χ3n) is 6.01. The molecule has 0 aliphatic carbocycles. The number of amides is 1. The largest absolute Gasteiger partial charge is 0.465 e. The van der Waals surface area contributed by atoms with Crippen LogP contribution in [0.15, 0.2) is 41.1 Å². The van der Waals surface area contributed by atoms with Crippen molar-refractivity contribution >= 4 is 5.91 Å². The van der Waals surface area contributed by atoms with Crippen molar-refractivity contribution in [2.75, 3.05) is 26.2 Å². The van der Waals surface area contributed by atoms with E-state index in [1.165, 1.54) is 0 Å². The quantitative estimate of drug-likeness (QED) is 0.859. The van der Waals surface area contributed by atoms with Gasteiger partial charge in [-0.25, -0.2) is 0 Å². The van der Waals surface area contributed by atoms with Crippen LogP contribution < -0.4 is 5.32 Å². The summed E-state index contributed by atoms with van der Waals surface area (Å²) in [6.07, 6.45) is 7.40. The number of ether oxygens (including phenoxy) is 1. The molecule has 0 radical (unpaired) electrons. The molecule has 4 rings (SSSR count). The lowest BCUT2D eigenvalue weighted by molar-refractivity contribution is -0.127. The maximum absolute atomic E-state index is 12.3. The summed E-state index contributed by atoms with van der Waals surface area (Å²) in [5.74, 6) is 2.43. The van der Waals surface area contributed by atoms with E-state index in [9.17, 15) is 4.79 Å². The van der Waals surface area contributed by atoms with E-state index < -0.39 is 0 Å². The zero-order valence-corrected chi connectivity index (χ0v) is 16.5. The molecule has 2 aromatic heterocycles. The van der Waals surface area contributed by atoms with Crippen LogP contribution in [0.4, 0.5) is 0 Å². The zero-order chi connectivity index (χ0) is 19.4. The second-order valence-electron chi connectivity index (χ2n) is 8.13. The molecule has 1 N–H and O–H groups in total. The van der Waals surface area contributed by atoms with Gasteiger partial charge in [-0.3, -0.25) is 14.7 Å². The first-order valence-corrected chi connectivity index (χ1v) is 10.2. The molecule has 1 atom stereocenters. The summed E-state index contributed by atoms with van der Waals surface area (Å²) in [6, 6.07) is 7.67. The van der Waals surface area contributed by atoms with Gasteiger partial charge in [-0.2, -0.15) is 0 Å². The number of aromatic nitrogens is 1. The van der Waals surface area contributed by atoms with Crippen molar-refractivity contribution in [2.24, 2.45) is 5.92 Å². The lowest BCUT2D eigenvalue weighted by Crippen LogP contribution is -2.50. The van der Waals surface area contributed by atoms with Gasteiger partial charge >= 0.3 is 0 Å². The molecule has 150 valence electrons. The Morgan fingerprint density at radius 1 is 1.32 bits per heavy atom. The normalized spacial score (nSPS) is 22.2. The van der Waals surface area contributed by atoms with Crippen molar-refractivity contribution in [2.45, 2.75) is 44.8 Å². The Balaban J connectivity index is 1.26. The Morgan fingerprint density at radius 3 is 2.89 bits per heavy atom. The second-order valence-corrected chi connectivity index (χ2v) is 8.13. The van der Waals surface area contributed by atoms with Crippen molar-refractivity contribution in [1.29, 1.82) is 0 Å². The monoisotopic (exact) mass is 383 g/mol. The van der Waals surface area contributed by atoms with Crippen molar-refractivity contribution in [3.63, 3.8) is 0 Å². The van der Waals surface area contributed by atoms with Crippen LogP contribution in [0, 0.1) is 12.8 Å². The molecule has 28 heavy (non-hydrogen) atoms. The van der Waals surface area contributed by atoms with E-state index in [2.05, 4.69) is 21.3 Å². The summed E-state index contributed by atoms with van der Waals surface area (Å²) >= 11 is 0. The molecule has 2 aliphatic heterocycles. The number of piperidine rings is 1. The number of carbonyl (C=O) groups is 1. The average molecular weight is 383 g/mol. The molecule has 2 fully saturated rings. The highest BCUT2D eigenvalue weighted by atomic mass is 16.5. The second kappa shape index (κ2) is 8.45. The highest BCUT2D eigenvalue weighted by molar-refractivity contribution is 5.93. The van der Waals surface area contributed by atoms with E-state index in [1.807, 2.05) is 13.0 Å². The fraction of sp³-hybridized carbons (Fsp3) is 0.545. The lowest BCUT2D eigenvalue weighted by atomic mass is 9.79. The molecule has 2 saturated heterocycles. The highest BCUT2D eigenvalue weighted by Crippen LogP contribution is 2.37. The van der Waals surface area contributed by atoms with Gasteiger partial charge in [0.2, 0.25) is 0 Å². The molecule has 2 aromatic rings. The van der Waals surface area contributed by atoms with Crippen LogP contribution in [0.25, 0.3) is 0 Å². The summed E-state index contributed by atoms with van der Waals surface area (Å²) in [7, 11) is 0. The molecular formula is C22H29N3O3. The Morgan fingerprint density at radius 2 is 2.18 bits per heavy atom. The minimum Gasteiger partial charge on any atom is -0.465 e. The lowest BCUT2D eigenvalue weighted by Gasteiger charge is -2.46. The Bertz CT molecular complexity index is 781. The third kappa shape index (κ3) is 4.62. The summed E-state index contributed by atoms with van der Waals surface area (Å²) in [5.41, 5.74) is 0.586. The van der Waals surface area contributed by atoms with Gasteiger partial charge in [0.05, 0.1) is 17.7 Å². The number of pyridine rings is 1. The SMILES string of the molecule is Cc1ccc(CN2CCC3(CC2)CC(CNC(=O)c2cccnc2)CCO3)o1. The molecule has 0 aromatic carbocycles. The average Bonchev–Trinajstić information content (AvgIpc) is 3.14. The number of nitrogens with zero attached hydrogens (tertiary/aromatic N) is 2.